The molecule has 3 N–H and O–H groups in total. The van der Waals surface area contributed by atoms with Gasteiger partial charge in [-0.2, -0.15) is 0 Å². The summed E-state index contributed by atoms with van der Waals surface area (Å²) >= 11 is 0. The van der Waals surface area contributed by atoms with E-state index in [9.17, 15) is 9.59 Å². The lowest BCUT2D eigenvalue weighted by atomic mass is 9.88. The third-order valence-electron chi connectivity index (χ3n) is 3.88. The number of carbonyl (C=O) groups is 2. The fraction of sp³-hybridized carbons (Fsp3) is 0.857. The molecule has 1 aliphatic carbocycles. The van der Waals surface area contributed by atoms with Crippen molar-refractivity contribution in [3.05, 3.63) is 0 Å². The Morgan fingerprint density at radius 2 is 1.80 bits per heavy atom. The first-order valence-corrected chi connectivity index (χ1v) is 7.27. The van der Waals surface area contributed by atoms with Crippen molar-refractivity contribution in [1.29, 1.82) is 0 Å². The zero-order valence-corrected chi connectivity index (χ0v) is 12.6. The van der Waals surface area contributed by atoms with E-state index in [1.54, 1.807) is 0 Å². The van der Waals surface area contributed by atoms with Crippen LogP contribution in [-0.2, 0) is 9.53 Å². The first-order valence-electron chi connectivity index (χ1n) is 7.27. The number of amides is 2. The molecule has 20 heavy (non-hydrogen) atoms. The molecule has 0 bridgehead atoms. The van der Waals surface area contributed by atoms with Crippen LogP contribution >= 0.6 is 0 Å². The SMILES string of the molecule is CC(C)(C)OC(=O)N1CC(NC2CCCC2)(C(N)=O)C1. The molecule has 1 aliphatic heterocycles. The zero-order chi connectivity index (χ0) is 15.0. The third kappa shape index (κ3) is 3.23. The fourth-order valence-electron chi connectivity index (χ4n) is 2.84. The second kappa shape index (κ2) is 5.24. The van der Waals surface area contributed by atoms with Gasteiger partial charge in [-0.3, -0.25) is 10.1 Å². The number of carbonyl (C=O) groups excluding carboxylic acids is 2. The summed E-state index contributed by atoms with van der Waals surface area (Å²) in [5.41, 5.74) is 4.22. The predicted molar refractivity (Wildman–Crippen MR) is 75.1 cm³/mol. The Labute approximate surface area is 120 Å². The van der Waals surface area contributed by atoms with E-state index in [0.29, 0.717) is 19.1 Å². The molecule has 2 amide bonds. The van der Waals surface area contributed by atoms with Gasteiger partial charge in [-0.05, 0) is 33.6 Å². The summed E-state index contributed by atoms with van der Waals surface area (Å²) in [4.78, 5) is 25.2. The van der Waals surface area contributed by atoms with Crippen molar-refractivity contribution < 1.29 is 14.3 Å². The van der Waals surface area contributed by atoms with Crippen LogP contribution in [0, 0.1) is 0 Å². The van der Waals surface area contributed by atoms with Crippen LogP contribution in [0.3, 0.4) is 0 Å². The summed E-state index contributed by atoms with van der Waals surface area (Å²) in [6, 6.07) is 0.336. The number of nitrogens with two attached hydrogens (primary N) is 1. The molecule has 1 saturated heterocycles. The summed E-state index contributed by atoms with van der Waals surface area (Å²) in [6.07, 6.45) is 4.12. The minimum absolute atomic E-state index is 0.299. The lowest BCUT2D eigenvalue weighted by Gasteiger charge is -2.49. The number of likely N-dealkylation sites (tertiary alicyclic amines) is 1. The van der Waals surface area contributed by atoms with E-state index in [4.69, 9.17) is 10.5 Å². The summed E-state index contributed by atoms with van der Waals surface area (Å²) in [6.45, 7) is 6.07. The molecule has 0 unspecified atom stereocenters. The largest absolute Gasteiger partial charge is 0.444 e. The Balaban J connectivity index is 1.91. The smallest absolute Gasteiger partial charge is 0.410 e. The molecule has 1 heterocycles. The Bertz CT molecular complexity index is 391. The number of nitrogens with one attached hydrogen (secondary N) is 1. The third-order valence-corrected chi connectivity index (χ3v) is 3.88. The monoisotopic (exact) mass is 283 g/mol. The molecule has 0 aromatic carbocycles. The van der Waals surface area contributed by atoms with Crippen LogP contribution in [0.15, 0.2) is 0 Å². The van der Waals surface area contributed by atoms with Crippen LogP contribution in [0.4, 0.5) is 4.79 Å². The molecule has 0 aromatic rings. The second-order valence-corrected chi connectivity index (χ2v) is 6.91. The van der Waals surface area contributed by atoms with Gasteiger partial charge in [-0.1, -0.05) is 12.8 Å². The molecule has 0 radical (unpaired) electrons. The van der Waals surface area contributed by atoms with Gasteiger partial charge in [0.2, 0.25) is 5.91 Å². The molecule has 6 heteroatoms. The lowest BCUT2D eigenvalue weighted by molar-refractivity contribution is -0.131. The topological polar surface area (TPSA) is 84.7 Å². The molecule has 1 saturated carbocycles. The van der Waals surface area contributed by atoms with Gasteiger partial charge in [0, 0.05) is 6.04 Å². The zero-order valence-electron chi connectivity index (χ0n) is 12.6. The van der Waals surface area contributed by atoms with Crippen LogP contribution in [0.2, 0.25) is 0 Å². The Hall–Kier alpha value is -1.30. The first-order chi connectivity index (χ1) is 9.22. The number of hydrogen-bond acceptors (Lipinski definition) is 4. The minimum Gasteiger partial charge on any atom is -0.444 e. The molecule has 2 aliphatic rings. The highest BCUT2D eigenvalue weighted by Crippen LogP contribution is 2.27. The van der Waals surface area contributed by atoms with E-state index in [1.807, 2.05) is 20.8 Å². The van der Waals surface area contributed by atoms with E-state index in [0.717, 1.165) is 12.8 Å². The Morgan fingerprint density at radius 1 is 1.25 bits per heavy atom. The van der Waals surface area contributed by atoms with E-state index in [1.165, 1.54) is 17.7 Å². The molecular weight excluding hydrogens is 258 g/mol. The van der Waals surface area contributed by atoms with E-state index < -0.39 is 11.1 Å². The normalized spacial score (nSPS) is 22.4. The molecule has 114 valence electrons. The standard InChI is InChI=1S/C14H25N3O3/c1-13(2,3)20-12(19)17-8-14(9-17,11(15)18)16-10-6-4-5-7-10/h10,16H,4-9H2,1-3H3,(H2,15,18). The van der Waals surface area contributed by atoms with Crippen molar-refractivity contribution in [2.24, 2.45) is 5.73 Å². The van der Waals surface area contributed by atoms with Crippen molar-refractivity contribution in [3.8, 4) is 0 Å². The first kappa shape index (κ1) is 15.1. The fourth-order valence-corrected chi connectivity index (χ4v) is 2.84. The van der Waals surface area contributed by atoms with Crippen LogP contribution in [-0.4, -0.2) is 47.2 Å². The van der Waals surface area contributed by atoms with Crippen molar-refractivity contribution in [3.63, 3.8) is 0 Å². The molecule has 2 fully saturated rings. The highest BCUT2D eigenvalue weighted by atomic mass is 16.6. The number of primary amides is 1. The Kier molecular flexibility index (Phi) is 3.95. The molecular formula is C14H25N3O3. The average molecular weight is 283 g/mol. The number of rotatable bonds is 3. The highest BCUT2D eigenvalue weighted by Gasteiger charge is 2.52. The van der Waals surface area contributed by atoms with Crippen molar-refractivity contribution in [1.82, 2.24) is 10.2 Å². The Morgan fingerprint density at radius 3 is 2.25 bits per heavy atom. The van der Waals surface area contributed by atoms with Gasteiger partial charge in [0.05, 0.1) is 13.1 Å². The lowest BCUT2D eigenvalue weighted by Crippen LogP contribution is -2.77. The number of hydrogen-bond donors (Lipinski definition) is 2. The van der Waals surface area contributed by atoms with E-state index in [2.05, 4.69) is 5.32 Å². The van der Waals surface area contributed by atoms with Crippen molar-refractivity contribution >= 4 is 12.0 Å². The predicted octanol–water partition coefficient (Wildman–Crippen LogP) is 0.993. The summed E-state index contributed by atoms with van der Waals surface area (Å²) < 4.78 is 5.29. The molecule has 6 nitrogen and oxygen atoms in total. The average Bonchev–Trinajstić information content (AvgIpc) is 2.71. The molecule has 0 spiro atoms. The van der Waals surface area contributed by atoms with Crippen molar-refractivity contribution in [2.45, 2.75) is 63.6 Å². The van der Waals surface area contributed by atoms with E-state index in [-0.39, 0.29) is 12.0 Å². The van der Waals surface area contributed by atoms with Gasteiger partial charge in [0.1, 0.15) is 11.1 Å². The van der Waals surface area contributed by atoms with Crippen molar-refractivity contribution in [2.75, 3.05) is 13.1 Å². The summed E-state index contributed by atoms with van der Waals surface area (Å²) in [7, 11) is 0. The number of ether oxygens (including phenoxy) is 1. The van der Waals surface area contributed by atoms with Crippen LogP contribution in [0.1, 0.15) is 46.5 Å². The maximum atomic E-state index is 11.9. The van der Waals surface area contributed by atoms with Gasteiger partial charge in [0.25, 0.3) is 0 Å². The van der Waals surface area contributed by atoms with Crippen LogP contribution in [0.25, 0.3) is 0 Å². The maximum Gasteiger partial charge on any atom is 0.410 e. The molecule has 0 atom stereocenters. The maximum absolute atomic E-state index is 11.9. The minimum atomic E-state index is -0.772. The summed E-state index contributed by atoms with van der Waals surface area (Å²) in [5.74, 6) is -0.385. The van der Waals surface area contributed by atoms with Crippen LogP contribution < -0.4 is 11.1 Å². The highest BCUT2D eigenvalue weighted by molar-refractivity contribution is 5.89. The second-order valence-electron chi connectivity index (χ2n) is 6.91. The van der Waals surface area contributed by atoms with Gasteiger partial charge in [-0.15, -0.1) is 0 Å². The van der Waals surface area contributed by atoms with Gasteiger partial charge in [0.15, 0.2) is 0 Å². The molecule has 0 aromatic heterocycles. The quantitative estimate of drug-likeness (QED) is 0.809. The van der Waals surface area contributed by atoms with Gasteiger partial charge < -0.3 is 15.4 Å². The molecule has 2 rings (SSSR count). The van der Waals surface area contributed by atoms with Gasteiger partial charge >= 0.3 is 6.09 Å². The van der Waals surface area contributed by atoms with Crippen LogP contribution in [0.5, 0.6) is 0 Å². The van der Waals surface area contributed by atoms with E-state index >= 15 is 0 Å². The summed E-state index contributed by atoms with van der Waals surface area (Å²) in [5, 5.41) is 3.35. The van der Waals surface area contributed by atoms with Gasteiger partial charge in [-0.25, -0.2) is 4.79 Å². The number of nitrogens with zero attached hydrogens (tertiary/aromatic N) is 1.